The Morgan fingerprint density at radius 3 is 2.86 bits per heavy atom. The molecule has 14 heavy (non-hydrogen) atoms. The molecule has 0 amide bonds. The van der Waals surface area contributed by atoms with E-state index in [1.807, 2.05) is 13.8 Å². The number of nitrogens with zero attached hydrogens (tertiary/aromatic N) is 1. The highest BCUT2D eigenvalue weighted by atomic mass is 16.5. The molecule has 0 N–H and O–H groups in total. The maximum Gasteiger partial charge on any atom is 0.148 e. The molecule has 0 aliphatic carbocycles. The van der Waals surface area contributed by atoms with Crippen LogP contribution < -0.4 is 0 Å². The molecular weight excluding hydrogens is 178 g/mol. The smallest absolute Gasteiger partial charge is 0.148 e. The molecule has 0 radical (unpaired) electrons. The molecule has 78 valence electrons. The van der Waals surface area contributed by atoms with Gasteiger partial charge >= 0.3 is 0 Å². The first-order valence-electron chi connectivity index (χ1n) is 4.85. The second-order valence-corrected chi connectivity index (χ2v) is 3.10. The Hall–Kier alpha value is -1.14. The van der Waals surface area contributed by atoms with Gasteiger partial charge in [0.2, 0.25) is 0 Å². The molecule has 0 atom stereocenters. The van der Waals surface area contributed by atoms with Gasteiger partial charge in [-0.25, -0.2) is 0 Å². The average molecular weight is 195 g/mol. The van der Waals surface area contributed by atoms with Gasteiger partial charge in [-0.1, -0.05) is 5.92 Å². The summed E-state index contributed by atoms with van der Waals surface area (Å²) in [5.74, 6) is 5.63. The molecular formula is C11H17NO2. The van der Waals surface area contributed by atoms with Crippen LogP contribution in [0, 0.1) is 11.8 Å². The second-order valence-electron chi connectivity index (χ2n) is 3.10. The zero-order chi connectivity index (χ0) is 10.2. The van der Waals surface area contributed by atoms with E-state index in [1.165, 1.54) is 0 Å². The zero-order valence-corrected chi connectivity index (χ0v) is 8.88. The molecule has 1 aliphatic rings. The van der Waals surface area contributed by atoms with Crippen LogP contribution in [0.4, 0.5) is 0 Å². The molecule has 0 aromatic heterocycles. The lowest BCUT2D eigenvalue weighted by atomic mass is 10.4. The minimum absolute atomic E-state index is 0.470. The van der Waals surface area contributed by atoms with Crippen molar-refractivity contribution in [3.05, 3.63) is 12.0 Å². The van der Waals surface area contributed by atoms with E-state index in [2.05, 4.69) is 16.7 Å². The highest BCUT2D eigenvalue weighted by molar-refractivity contribution is 4.98. The minimum atomic E-state index is 0.470. The molecule has 1 saturated heterocycles. The van der Waals surface area contributed by atoms with E-state index in [9.17, 15) is 0 Å². The quantitative estimate of drug-likeness (QED) is 0.384. The van der Waals surface area contributed by atoms with Crippen LogP contribution in [0.2, 0.25) is 0 Å². The Kier molecular flexibility index (Phi) is 4.95. The first kappa shape index (κ1) is 10.9. The number of rotatable bonds is 3. The van der Waals surface area contributed by atoms with Crippen LogP contribution in [0.5, 0.6) is 0 Å². The Labute approximate surface area is 85.7 Å². The van der Waals surface area contributed by atoms with Crippen molar-refractivity contribution in [1.82, 2.24) is 4.90 Å². The third kappa shape index (κ3) is 3.71. The van der Waals surface area contributed by atoms with Crippen molar-refractivity contribution in [2.24, 2.45) is 0 Å². The summed E-state index contributed by atoms with van der Waals surface area (Å²) in [6, 6.07) is 0. The Morgan fingerprint density at radius 2 is 2.21 bits per heavy atom. The number of hydrogen-bond donors (Lipinski definition) is 0. The number of allylic oxidation sites excluding steroid dienone is 1. The van der Waals surface area contributed by atoms with E-state index in [4.69, 9.17) is 9.47 Å². The van der Waals surface area contributed by atoms with Gasteiger partial charge in [-0.05, 0) is 13.8 Å². The lowest BCUT2D eigenvalue weighted by molar-refractivity contribution is 0.0519. The summed E-state index contributed by atoms with van der Waals surface area (Å²) < 4.78 is 10.5. The minimum Gasteiger partial charge on any atom is -0.487 e. The van der Waals surface area contributed by atoms with Crippen LogP contribution in [0.3, 0.4) is 0 Å². The molecule has 0 spiro atoms. The van der Waals surface area contributed by atoms with Gasteiger partial charge in [0.1, 0.15) is 12.9 Å². The van der Waals surface area contributed by atoms with Crippen LogP contribution in [-0.2, 0) is 9.47 Å². The van der Waals surface area contributed by atoms with Crippen LogP contribution in [0.1, 0.15) is 13.8 Å². The average Bonchev–Trinajstić information content (AvgIpc) is 2.25. The monoisotopic (exact) mass is 195 g/mol. The molecule has 3 nitrogen and oxygen atoms in total. The van der Waals surface area contributed by atoms with Gasteiger partial charge < -0.3 is 14.4 Å². The third-order valence-corrected chi connectivity index (χ3v) is 2.10. The molecule has 0 aromatic rings. The fraction of sp³-hybridized carbons (Fsp3) is 0.636. The van der Waals surface area contributed by atoms with Gasteiger partial charge in [-0.2, -0.15) is 0 Å². The summed E-state index contributed by atoms with van der Waals surface area (Å²) in [7, 11) is 0. The van der Waals surface area contributed by atoms with E-state index in [1.54, 1.807) is 6.26 Å². The first-order chi connectivity index (χ1) is 6.84. The normalized spacial score (nSPS) is 17.3. The Morgan fingerprint density at radius 1 is 1.50 bits per heavy atom. The summed E-state index contributed by atoms with van der Waals surface area (Å²) in [6.45, 7) is 7.83. The van der Waals surface area contributed by atoms with Crippen LogP contribution >= 0.6 is 0 Å². The molecule has 0 saturated carbocycles. The summed E-state index contributed by atoms with van der Waals surface area (Å²) in [5.41, 5.74) is 1.14. The predicted octanol–water partition coefficient (Wildman–Crippen LogP) is 1.22. The Balaban J connectivity index is 2.29. The van der Waals surface area contributed by atoms with Crippen molar-refractivity contribution in [1.29, 1.82) is 0 Å². The molecule has 0 unspecified atom stereocenters. The third-order valence-electron chi connectivity index (χ3n) is 2.10. The van der Waals surface area contributed by atoms with E-state index >= 15 is 0 Å². The summed E-state index contributed by atoms with van der Waals surface area (Å²) in [4.78, 5) is 2.25. The van der Waals surface area contributed by atoms with E-state index in [-0.39, 0.29) is 0 Å². The highest BCUT2D eigenvalue weighted by Crippen LogP contribution is 2.06. The molecule has 1 fully saturated rings. The van der Waals surface area contributed by atoms with E-state index in [0.717, 1.165) is 32.0 Å². The fourth-order valence-corrected chi connectivity index (χ4v) is 1.27. The largest absolute Gasteiger partial charge is 0.487 e. The van der Waals surface area contributed by atoms with Crippen LogP contribution in [0.25, 0.3) is 0 Å². The lowest BCUT2D eigenvalue weighted by Crippen LogP contribution is -2.34. The van der Waals surface area contributed by atoms with Crippen molar-refractivity contribution in [3.63, 3.8) is 0 Å². The fourth-order valence-electron chi connectivity index (χ4n) is 1.27. The molecule has 0 aromatic carbocycles. The molecule has 3 heteroatoms. The van der Waals surface area contributed by atoms with Gasteiger partial charge in [0.15, 0.2) is 0 Å². The van der Waals surface area contributed by atoms with Crippen molar-refractivity contribution in [3.8, 4) is 11.8 Å². The molecule has 1 rings (SSSR count). The van der Waals surface area contributed by atoms with Gasteiger partial charge in [0, 0.05) is 18.8 Å². The maximum atomic E-state index is 5.27. The van der Waals surface area contributed by atoms with Crippen molar-refractivity contribution >= 4 is 0 Å². The second kappa shape index (κ2) is 6.33. The van der Waals surface area contributed by atoms with E-state index < -0.39 is 0 Å². The Bertz CT molecular complexity index is 244. The summed E-state index contributed by atoms with van der Waals surface area (Å²) in [6.07, 6.45) is 1.77. The number of morpholine rings is 1. The molecule has 1 aliphatic heterocycles. The van der Waals surface area contributed by atoms with Crippen LogP contribution in [0.15, 0.2) is 12.0 Å². The first-order valence-corrected chi connectivity index (χ1v) is 4.85. The zero-order valence-electron chi connectivity index (χ0n) is 8.88. The van der Waals surface area contributed by atoms with Crippen molar-refractivity contribution in [2.75, 3.05) is 32.9 Å². The van der Waals surface area contributed by atoms with Crippen molar-refractivity contribution in [2.45, 2.75) is 13.8 Å². The maximum absolute atomic E-state index is 5.27. The highest BCUT2D eigenvalue weighted by Gasteiger charge is 2.09. The van der Waals surface area contributed by atoms with Gasteiger partial charge in [-0.3, -0.25) is 0 Å². The molecule has 1 heterocycles. The number of ether oxygens (including phenoxy) is 2. The summed E-state index contributed by atoms with van der Waals surface area (Å²) in [5, 5.41) is 0. The predicted molar refractivity (Wildman–Crippen MR) is 55.6 cm³/mol. The SMILES string of the molecule is CC#CCO/C=C(\C)N1CCOCC1. The topological polar surface area (TPSA) is 21.7 Å². The summed E-state index contributed by atoms with van der Waals surface area (Å²) >= 11 is 0. The standard InChI is InChI=1S/C11H17NO2/c1-3-4-7-14-10-11(2)12-5-8-13-9-6-12/h10H,5-9H2,1-2H3/b11-10+. The van der Waals surface area contributed by atoms with Crippen molar-refractivity contribution < 1.29 is 9.47 Å². The number of hydrogen-bond acceptors (Lipinski definition) is 3. The lowest BCUT2D eigenvalue weighted by Gasteiger charge is -2.28. The van der Waals surface area contributed by atoms with Gasteiger partial charge in [0.05, 0.1) is 13.2 Å². The molecule has 0 bridgehead atoms. The van der Waals surface area contributed by atoms with Gasteiger partial charge in [0.25, 0.3) is 0 Å². The van der Waals surface area contributed by atoms with E-state index in [0.29, 0.717) is 6.61 Å². The van der Waals surface area contributed by atoms with Gasteiger partial charge in [-0.15, -0.1) is 5.92 Å². The van der Waals surface area contributed by atoms with Crippen LogP contribution in [-0.4, -0.2) is 37.8 Å².